The first kappa shape index (κ1) is 9.36. The monoisotopic (exact) mass is 229 g/mol. The molecule has 0 saturated heterocycles. The van der Waals surface area contributed by atoms with Crippen molar-refractivity contribution < 1.29 is 0 Å². The number of nitrogens with one attached hydrogen (secondary N) is 1. The van der Waals surface area contributed by atoms with Gasteiger partial charge in [-0.25, -0.2) is 0 Å². The van der Waals surface area contributed by atoms with E-state index in [-0.39, 0.29) is 0 Å². The van der Waals surface area contributed by atoms with Crippen LogP contribution in [0.2, 0.25) is 5.02 Å². The molecule has 0 aliphatic rings. The molecule has 1 heterocycles. The fourth-order valence-corrected chi connectivity index (χ4v) is 1.95. The third kappa shape index (κ3) is 1.46. The Balaban J connectivity index is 2.29. The lowest BCUT2D eigenvalue weighted by atomic mass is 10.0. The number of halogens is 1. The highest BCUT2D eigenvalue weighted by molar-refractivity contribution is 6.30. The maximum absolute atomic E-state index is 5.98. The number of para-hydroxylation sites is 1. The molecule has 0 fully saturated rings. The topological polar surface area (TPSA) is 41.6 Å². The lowest BCUT2D eigenvalue weighted by molar-refractivity contribution is 0.959. The van der Waals surface area contributed by atoms with Gasteiger partial charge in [-0.3, -0.25) is 0 Å². The number of nitrogens with zero attached hydrogens (tertiary/aromatic N) is 2. The summed E-state index contributed by atoms with van der Waals surface area (Å²) in [6.45, 7) is 0. The number of H-pyrrole nitrogens is 1. The van der Waals surface area contributed by atoms with Crippen molar-refractivity contribution in [3.63, 3.8) is 0 Å². The highest BCUT2D eigenvalue weighted by Gasteiger charge is 2.06. The van der Waals surface area contributed by atoms with E-state index >= 15 is 0 Å². The molecule has 0 atom stereocenters. The van der Waals surface area contributed by atoms with Gasteiger partial charge in [-0.05, 0) is 23.8 Å². The second kappa shape index (κ2) is 3.61. The number of hydrogen-bond acceptors (Lipinski definition) is 2. The minimum Gasteiger partial charge on any atom is -0.197 e. The molecule has 1 aromatic heterocycles. The molecule has 0 aliphatic carbocycles. The Bertz CT molecular complexity index is 645. The van der Waals surface area contributed by atoms with Crippen LogP contribution in [0.25, 0.3) is 22.2 Å². The Morgan fingerprint density at radius 3 is 2.75 bits per heavy atom. The maximum Gasteiger partial charge on any atom is 0.120 e. The summed E-state index contributed by atoms with van der Waals surface area (Å²) < 4.78 is 0. The fraction of sp³-hybridized carbons (Fsp3) is 0. The molecule has 0 spiro atoms. The van der Waals surface area contributed by atoms with Gasteiger partial charge in [-0.2, -0.15) is 15.4 Å². The van der Waals surface area contributed by atoms with Crippen LogP contribution >= 0.6 is 11.6 Å². The van der Waals surface area contributed by atoms with E-state index in [0.717, 1.165) is 27.2 Å². The number of aromatic nitrogens is 3. The minimum atomic E-state index is 0.720. The van der Waals surface area contributed by atoms with E-state index in [9.17, 15) is 0 Å². The molecule has 0 bridgehead atoms. The first-order valence-corrected chi connectivity index (χ1v) is 5.28. The zero-order chi connectivity index (χ0) is 11.0. The summed E-state index contributed by atoms with van der Waals surface area (Å²) in [4.78, 5) is 0. The van der Waals surface area contributed by atoms with Gasteiger partial charge in [0.15, 0.2) is 0 Å². The smallest absolute Gasteiger partial charge is 0.120 e. The third-order valence-corrected chi connectivity index (χ3v) is 2.72. The summed E-state index contributed by atoms with van der Waals surface area (Å²) in [7, 11) is 0. The SMILES string of the molecule is Clc1cccc(-c2cccc3n[nH]nc23)c1. The highest BCUT2D eigenvalue weighted by Crippen LogP contribution is 2.27. The van der Waals surface area contributed by atoms with E-state index in [1.807, 2.05) is 42.5 Å². The molecule has 0 radical (unpaired) electrons. The van der Waals surface area contributed by atoms with Crippen LogP contribution in [-0.2, 0) is 0 Å². The number of hydrogen-bond donors (Lipinski definition) is 1. The lowest BCUT2D eigenvalue weighted by Gasteiger charge is -2.02. The first-order chi connectivity index (χ1) is 7.84. The third-order valence-electron chi connectivity index (χ3n) is 2.48. The standard InChI is InChI=1S/C12H8ClN3/c13-9-4-1-3-8(7-9)10-5-2-6-11-12(10)15-16-14-11/h1-7H,(H,14,15,16). The summed E-state index contributed by atoms with van der Waals surface area (Å²) >= 11 is 5.98. The van der Waals surface area contributed by atoms with E-state index in [1.54, 1.807) is 0 Å². The van der Waals surface area contributed by atoms with Gasteiger partial charge in [0.2, 0.25) is 0 Å². The van der Waals surface area contributed by atoms with Gasteiger partial charge in [-0.15, -0.1) is 0 Å². The predicted molar refractivity (Wildman–Crippen MR) is 64.3 cm³/mol. The van der Waals surface area contributed by atoms with Gasteiger partial charge in [0.25, 0.3) is 0 Å². The van der Waals surface area contributed by atoms with E-state index in [0.29, 0.717) is 0 Å². The number of fused-ring (bicyclic) bond motifs is 1. The molecule has 0 unspecified atom stereocenters. The van der Waals surface area contributed by atoms with Crippen molar-refractivity contribution >= 4 is 22.6 Å². The molecule has 3 rings (SSSR count). The minimum absolute atomic E-state index is 0.720. The van der Waals surface area contributed by atoms with Crippen LogP contribution in [0.15, 0.2) is 42.5 Å². The van der Waals surface area contributed by atoms with Crippen molar-refractivity contribution in [3.05, 3.63) is 47.5 Å². The maximum atomic E-state index is 5.98. The van der Waals surface area contributed by atoms with Crippen LogP contribution in [0.4, 0.5) is 0 Å². The van der Waals surface area contributed by atoms with Gasteiger partial charge >= 0.3 is 0 Å². The Morgan fingerprint density at radius 2 is 1.88 bits per heavy atom. The zero-order valence-corrected chi connectivity index (χ0v) is 9.07. The van der Waals surface area contributed by atoms with Gasteiger partial charge in [0.1, 0.15) is 11.0 Å². The van der Waals surface area contributed by atoms with Crippen molar-refractivity contribution in [1.82, 2.24) is 15.4 Å². The van der Waals surface area contributed by atoms with Gasteiger partial charge in [-0.1, -0.05) is 35.9 Å². The number of benzene rings is 2. The zero-order valence-electron chi connectivity index (χ0n) is 8.31. The molecule has 2 aromatic carbocycles. The summed E-state index contributed by atoms with van der Waals surface area (Å²) in [5.74, 6) is 0. The lowest BCUT2D eigenvalue weighted by Crippen LogP contribution is -1.80. The van der Waals surface area contributed by atoms with E-state index in [4.69, 9.17) is 11.6 Å². The van der Waals surface area contributed by atoms with Crippen molar-refractivity contribution in [2.75, 3.05) is 0 Å². The van der Waals surface area contributed by atoms with Crippen LogP contribution in [0.5, 0.6) is 0 Å². The van der Waals surface area contributed by atoms with E-state index < -0.39 is 0 Å². The van der Waals surface area contributed by atoms with Crippen LogP contribution < -0.4 is 0 Å². The van der Waals surface area contributed by atoms with Crippen LogP contribution in [0.1, 0.15) is 0 Å². The van der Waals surface area contributed by atoms with Gasteiger partial charge < -0.3 is 0 Å². The van der Waals surface area contributed by atoms with Gasteiger partial charge in [0.05, 0.1) is 0 Å². The number of aromatic amines is 1. The Hall–Kier alpha value is -1.87. The molecule has 78 valence electrons. The normalized spacial score (nSPS) is 10.8. The van der Waals surface area contributed by atoms with Crippen LogP contribution in [-0.4, -0.2) is 15.4 Å². The van der Waals surface area contributed by atoms with Crippen molar-refractivity contribution in [3.8, 4) is 11.1 Å². The van der Waals surface area contributed by atoms with Crippen molar-refractivity contribution in [2.24, 2.45) is 0 Å². The van der Waals surface area contributed by atoms with E-state index in [2.05, 4.69) is 15.4 Å². The molecule has 3 nitrogen and oxygen atoms in total. The van der Waals surface area contributed by atoms with Gasteiger partial charge in [0, 0.05) is 10.6 Å². The summed E-state index contributed by atoms with van der Waals surface area (Å²) in [5, 5.41) is 11.6. The molecule has 4 heteroatoms. The Kier molecular flexibility index (Phi) is 2.11. The van der Waals surface area contributed by atoms with Crippen molar-refractivity contribution in [2.45, 2.75) is 0 Å². The summed E-state index contributed by atoms with van der Waals surface area (Å²) in [6, 6.07) is 13.6. The predicted octanol–water partition coefficient (Wildman–Crippen LogP) is 3.28. The van der Waals surface area contributed by atoms with Crippen LogP contribution in [0, 0.1) is 0 Å². The second-order valence-electron chi connectivity index (χ2n) is 3.51. The summed E-state index contributed by atoms with van der Waals surface area (Å²) in [5.41, 5.74) is 3.81. The number of rotatable bonds is 1. The molecule has 0 amide bonds. The van der Waals surface area contributed by atoms with Crippen molar-refractivity contribution in [1.29, 1.82) is 0 Å². The fourth-order valence-electron chi connectivity index (χ4n) is 1.76. The molecule has 1 N–H and O–H groups in total. The summed E-state index contributed by atoms with van der Waals surface area (Å²) in [6.07, 6.45) is 0. The highest BCUT2D eigenvalue weighted by atomic mass is 35.5. The molecular weight excluding hydrogens is 222 g/mol. The van der Waals surface area contributed by atoms with Crippen LogP contribution in [0.3, 0.4) is 0 Å². The second-order valence-corrected chi connectivity index (χ2v) is 3.94. The molecular formula is C12H8ClN3. The first-order valence-electron chi connectivity index (χ1n) is 4.90. The largest absolute Gasteiger partial charge is 0.197 e. The Labute approximate surface area is 97.1 Å². The molecule has 0 saturated carbocycles. The molecule has 3 aromatic rings. The van der Waals surface area contributed by atoms with E-state index in [1.165, 1.54) is 0 Å². The molecule has 0 aliphatic heterocycles. The quantitative estimate of drug-likeness (QED) is 0.696. The average molecular weight is 230 g/mol. The Morgan fingerprint density at radius 1 is 1.00 bits per heavy atom. The average Bonchev–Trinajstić information content (AvgIpc) is 2.76. The molecule has 16 heavy (non-hydrogen) atoms.